The van der Waals surface area contributed by atoms with Crippen LogP contribution >= 0.6 is 15.9 Å². The summed E-state index contributed by atoms with van der Waals surface area (Å²) in [6.07, 6.45) is 1.02. The highest BCUT2D eigenvalue weighted by Gasteiger charge is 2.28. The van der Waals surface area contributed by atoms with Gasteiger partial charge in [0.25, 0.3) is 0 Å². The molecule has 0 aromatic heterocycles. The first-order chi connectivity index (χ1) is 9.58. The second-order valence-electron chi connectivity index (χ2n) is 5.13. The van der Waals surface area contributed by atoms with Crippen molar-refractivity contribution >= 4 is 33.1 Å². The van der Waals surface area contributed by atoms with Gasteiger partial charge in [-0.2, -0.15) is 0 Å². The monoisotopic (exact) mass is 329 g/mol. The van der Waals surface area contributed by atoms with Gasteiger partial charge in [0.05, 0.1) is 5.69 Å². The van der Waals surface area contributed by atoms with Crippen LogP contribution in [0.4, 0.5) is 11.4 Å². The molecular formula is C16H16BrN3. The van der Waals surface area contributed by atoms with E-state index in [2.05, 4.69) is 52.0 Å². The highest BCUT2D eigenvalue weighted by atomic mass is 79.9. The maximum Gasteiger partial charge on any atom is 0.124 e. The molecule has 0 spiro atoms. The minimum Gasteiger partial charge on any atom is -0.384 e. The van der Waals surface area contributed by atoms with Gasteiger partial charge in [-0.15, -0.1) is 0 Å². The molecule has 0 aliphatic carbocycles. The number of para-hydroxylation sites is 1. The third-order valence-corrected chi connectivity index (χ3v) is 4.21. The molecule has 1 aliphatic heterocycles. The molecule has 4 heteroatoms. The summed E-state index contributed by atoms with van der Waals surface area (Å²) in [5.41, 5.74) is 10.1. The Bertz CT molecular complexity index is 681. The van der Waals surface area contributed by atoms with E-state index in [0.29, 0.717) is 6.04 Å². The van der Waals surface area contributed by atoms with Crippen molar-refractivity contribution in [3.8, 4) is 0 Å². The number of rotatable bonds is 2. The SMILES string of the molecule is CC1Cc2ccccc2N1c1ccc(Br)cc1C(=N)N. The van der Waals surface area contributed by atoms with E-state index in [9.17, 15) is 0 Å². The molecule has 102 valence electrons. The number of hydrogen-bond acceptors (Lipinski definition) is 2. The molecule has 1 unspecified atom stereocenters. The van der Waals surface area contributed by atoms with Crippen molar-refractivity contribution in [2.75, 3.05) is 4.90 Å². The Balaban J connectivity index is 2.17. The summed E-state index contributed by atoms with van der Waals surface area (Å²) in [6, 6.07) is 14.7. The molecule has 3 N–H and O–H groups in total. The molecular weight excluding hydrogens is 314 g/mol. The van der Waals surface area contributed by atoms with E-state index in [1.54, 1.807) is 0 Å². The Kier molecular flexibility index (Phi) is 3.26. The van der Waals surface area contributed by atoms with Crippen LogP contribution < -0.4 is 10.6 Å². The van der Waals surface area contributed by atoms with Gasteiger partial charge in [0.15, 0.2) is 0 Å². The van der Waals surface area contributed by atoms with Gasteiger partial charge >= 0.3 is 0 Å². The van der Waals surface area contributed by atoms with Gasteiger partial charge in [0, 0.05) is 21.8 Å². The molecule has 2 aromatic rings. The van der Waals surface area contributed by atoms with Crippen molar-refractivity contribution in [3.63, 3.8) is 0 Å². The first kappa shape index (κ1) is 13.2. The Labute approximate surface area is 127 Å². The minimum atomic E-state index is 0.0953. The van der Waals surface area contributed by atoms with Crippen molar-refractivity contribution in [2.45, 2.75) is 19.4 Å². The number of fused-ring (bicyclic) bond motifs is 1. The Morgan fingerprint density at radius 3 is 2.75 bits per heavy atom. The lowest BCUT2D eigenvalue weighted by Crippen LogP contribution is -2.27. The highest BCUT2D eigenvalue weighted by Crippen LogP contribution is 2.40. The van der Waals surface area contributed by atoms with Gasteiger partial charge in [-0.25, -0.2) is 0 Å². The second kappa shape index (κ2) is 4.94. The maximum absolute atomic E-state index is 7.82. The standard InChI is InChI=1S/C16H16BrN3/c1-10-8-11-4-2-3-5-14(11)20(10)15-7-6-12(17)9-13(15)16(18)19/h2-7,9-10H,8H2,1H3,(H3,18,19). The van der Waals surface area contributed by atoms with Crippen LogP contribution in [0.25, 0.3) is 0 Å². The average Bonchev–Trinajstić information content (AvgIpc) is 2.74. The maximum atomic E-state index is 7.82. The first-order valence-corrected chi connectivity index (χ1v) is 7.38. The fourth-order valence-corrected chi connectivity index (χ4v) is 3.23. The van der Waals surface area contributed by atoms with Crippen molar-refractivity contribution in [3.05, 3.63) is 58.1 Å². The van der Waals surface area contributed by atoms with Gasteiger partial charge in [-0.05, 0) is 43.2 Å². The zero-order valence-corrected chi connectivity index (χ0v) is 12.8. The molecule has 1 aliphatic rings. The molecule has 3 nitrogen and oxygen atoms in total. The second-order valence-corrected chi connectivity index (χ2v) is 6.04. The van der Waals surface area contributed by atoms with E-state index in [1.165, 1.54) is 11.3 Å². The normalized spacial score (nSPS) is 17.1. The third kappa shape index (κ3) is 2.10. The van der Waals surface area contributed by atoms with E-state index < -0.39 is 0 Å². The largest absolute Gasteiger partial charge is 0.384 e. The summed E-state index contributed by atoms with van der Waals surface area (Å²) >= 11 is 3.45. The molecule has 0 saturated heterocycles. The number of hydrogen-bond donors (Lipinski definition) is 2. The van der Waals surface area contributed by atoms with Crippen LogP contribution in [0.2, 0.25) is 0 Å². The van der Waals surface area contributed by atoms with Gasteiger partial charge in [0.2, 0.25) is 0 Å². The number of amidine groups is 1. The molecule has 1 heterocycles. The highest BCUT2D eigenvalue weighted by molar-refractivity contribution is 9.10. The van der Waals surface area contributed by atoms with Crippen molar-refractivity contribution < 1.29 is 0 Å². The number of nitrogens with zero attached hydrogens (tertiary/aromatic N) is 1. The van der Waals surface area contributed by atoms with Crippen LogP contribution in [0, 0.1) is 5.41 Å². The molecule has 0 radical (unpaired) electrons. The number of halogens is 1. The van der Waals surface area contributed by atoms with Gasteiger partial charge in [-0.1, -0.05) is 34.1 Å². The number of nitrogen functional groups attached to an aromatic ring is 1. The zero-order valence-electron chi connectivity index (χ0n) is 11.2. The molecule has 20 heavy (non-hydrogen) atoms. The van der Waals surface area contributed by atoms with Crippen LogP contribution in [0.5, 0.6) is 0 Å². The lowest BCUT2D eigenvalue weighted by molar-refractivity contribution is 0.758. The van der Waals surface area contributed by atoms with Crippen molar-refractivity contribution in [1.29, 1.82) is 5.41 Å². The number of nitrogens with one attached hydrogen (secondary N) is 1. The van der Waals surface area contributed by atoms with Gasteiger partial charge in [-0.3, -0.25) is 5.41 Å². The fraction of sp³-hybridized carbons (Fsp3) is 0.188. The number of nitrogens with two attached hydrogens (primary N) is 1. The summed E-state index contributed by atoms with van der Waals surface area (Å²) < 4.78 is 0.937. The third-order valence-electron chi connectivity index (χ3n) is 3.72. The van der Waals surface area contributed by atoms with E-state index in [0.717, 1.165) is 22.1 Å². The smallest absolute Gasteiger partial charge is 0.124 e. The lowest BCUT2D eigenvalue weighted by Gasteiger charge is -2.27. The van der Waals surface area contributed by atoms with Gasteiger partial charge < -0.3 is 10.6 Å². The van der Waals surface area contributed by atoms with E-state index in [-0.39, 0.29) is 5.84 Å². The molecule has 3 rings (SSSR count). The Morgan fingerprint density at radius 2 is 2.00 bits per heavy atom. The molecule has 0 saturated carbocycles. The summed E-state index contributed by atoms with van der Waals surface area (Å²) in [5, 5.41) is 7.82. The summed E-state index contributed by atoms with van der Waals surface area (Å²) in [6.45, 7) is 2.20. The number of anilines is 2. The molecule has 1 atom stereocenters. The van der Waals surface area contributed by atoms with Crippen LogP contribution in [0.15, 0.2) is 46.9 Å². The average molecular weight is 330 g/mol. The van der Waals surface area contributed by atoms with Crippen molar-refractivity contribution in [2.24, 2.45) is 5.73 Å². The Hall–Kier alpha value is -1.81. The Morgan fingerprint density at radius 1 is 1.25 bits per heavy atom. The quantitative estimate of drug-likeness (QED) is 0.650. The molecule has 2 aromatic carbocycles. The molecule has 0 fully saturated rings. The summed E-state index contributed by atoms with van der Waals surface area (Å²) in [7, 11) is 0. The zero-order chi connectivity index (χ0) is 14.3. The van der Waals surface area contributed by atoms with E-state index in [1.807, 2.05) is 18.2 Å². The van der Waals surface area contributed by atoms with E-state index in [4.69, 9.17) is 11.1 Å². The molecule has 0 bridgehead atoms. The van der Waals surface area contributed by atoms with Crippen LogP contribution in [0.3, 0.4) is 0 Å². The topological polar surface area (TPSA) is 53.1 Å². The van der Waals surface area contributed by atoms with Crippen LogP contribution in [0.1, 0.15) is 18.1 Å². The minimum absolute atomic E-state index is 0.0953. The fourth-order valence-electron chi connectivity index (χ4n) is 2.87. The van der Waals surface area contributed by atoms with Crippen molar-refractivity contribution in [1.82, 2.24) is 0 Å². The van der Waals surface area contributed by atoms with Crippen LogP contribution in [-0.2, 0) is 6.42 Å². The first-order valence-electron chi connectivity index (χ1n) is 6.59. The number of benzene rings is 2. The summed E-state index contributed by atoms with van der Waals surface area (Å²) in [4.78, 5) is 2.28. The predicted molar refractivity (Wildman–Crippen MR) is 86.9 cm³/mol. The molecule has 0 amide bonds. The van der Waals surface area contributed by atoms with E-state index >= 15 is 0 Å². The predicted octanol–water partition coefficient (Wildman–Crippen LogP) is 3.82. The lowest BCUT2D eigenvalue weighted by atomic mass is 10.1. The van der Waals surface area contributed by atoms with Crippen LogP contribution in [-0.4, -0.2) is 11.9 Å². The summed E-state index contributed by atoms with van der Waals surface area (Å²) in [5.74, 6) is 0.0953. The van der Waals surface area contributed by atoms with Gasteiger partial charge in [0.1, 0.15) is 5.84 Å².